The Kier molecular flexibility index (Phi) is 4.54. The second kappa shape index (κ2) is 4.91. The Bertz CT molecular complexity index is 149. The van der Waals surface area contributed by atoms with E-state index in [1.165, 1.54) is 6.92 Å². The van der Waals surface area contributed by atoms with E-state index in [0.717, 1.165) is 0 Å². The molecule has 3 nitrogen and oxygen atoms in total. The Balaban J connectivity index is 3.68. The van der Waals surface area contributed by atoms with Gasteiger partial charge in [0.1, 0.15) is 6.10 Å². The fourth-order valence-corrected chi connectivity index (χ4v) is 0.618. The molecule has 0 saturated heterocycles. The van der Waals surface area contributed by atoms with E-state index >= 15 is 0 Å². The molecule has 0 rings (SSSR count). The van der Waals surface area contributed by atoms with Crippen molar-refractivity contribution in [2.75, 3.05) is 0 Å². The van der Waals surface area contributed by atoms with Gasteiger partial charge in [-0.1, -0.05) is 6.08 Å². The highest BCUT2D eigenvalue weighted by molar-refractivity contribution is 5.66. The highest BCUT2D eigenvalue weighted by Gasteiger charge is 1.99. The lowest BCUT2D eigenvalue weighted by Gasteiger charge is -2.06. The molecule has 0 aromatic carbocycles. The summed E-state index contributed by atoms with van der Waals surface area (Å²) in [5.41, 5.74) is 0. The number of ether oxygens (including phenoxy) is 1. The summed E-state index contributed by atoms with van der Waals surface area (Å²) in [6, 6.07) is 0. The Labute approximate surface area is 66.7 Å². The molecule has 0 saturated carbocycles. The van der Waals surface area contributed by atoms with Gasteiger partial charge in [-0.3, -0.25) is 4.79 Å². The summed E-state index contributed by atoms with van der Waals surface area (Å²) < 4.78 is 4.76. The molecular formula is C8H14O3. The van der Waals surface area contributed by atoms with Gasteiger partial charge >= 0.3 is 5.97 Å². The smallest absolute Gasteiger partial charge is 0.303 e. The van der Waals surface area contributed by atoms with Crippen molar-refractivity contribution in [2.24, 2.45) is 0 Å². The summed E-state index contributed by atoms with van der Waals surface area (Å²) in [5, 5.41) is 8.81. The normalized spacial score (nSPS) is 16.4. The predicted molar refractivity (Wildman–Crippen MR) is 42.0 cm³/mol. The van der Waals surface area contributed by atoms with Gasteiger partial charge in [0.25, 0.3) is 0 Å². The zero-order valence-electron chi connectivity index (χ0n) is 7.07. The van der Waals surface area contributed by atoms with Crippen LogP contribution in [0.1, 0.15) is 20.8 Å². The van der Waals surface area contributed by atoms with Crippen LogP contribution in [0.5, 0.6) is 0 Å². The number of aliphatic hydroxyl groups excluding tert-OH is 1. The maximum absolute atomic E-state index is 10.4. The number of aliphatic hydroxyl groups is 1. The van der Waals surface area contributed by atoms with Crippen molar-refractivity contribution in [1.82, 2.24) is 0 Å². The van der Waals surface area contributed by atoms with Crippen molar-refractivity contribution in [3.8, 4) is 0 Å². The summed E-state index contributed by atoms with van der Waals surface area (Å²) >= 11 is 0. The molecule has 0 unspecified atom stereocenters. The number of hydrogen-bond donors (Lipinski definition) is 1. The van der Waals surface area contributed by atoms with Crippen LogP contribution >= 0.6 is 0 Å². The van der Waals surface area contributed by atoms with Crippen molar-refractivity contribution in [2.45, 2.75) is 33.0 Å². The Morgan fingerprint density at radius 2 is 2.00 bits per heavy atom. The molecule has 2 atom stereocenters. The van der Waals surface area contributed by atoms with Gasteiger partial charge in [0, 0.05) is 6.92 Å². The largest absolute Gasteiger partial charge is 0.459 e. The minimum absolute atomic E-state index is 0.262. The predicted octanol–water partition coefficient (Wildman–Crippen LogP) is 0.875. The summed E-state index contributed by atoms with van der Waals surface area (Å²) in [6.07, 6.45) is 2.47. The molecule has 0 aromatic rings. The fourth-order valence-electron chi connectivity index (χ4n) is 0.618. The SMILES string of the molecule is CC(=O)O[C@H](C)C=C[C@H](C)O. The van der Waals surface area contributed by atoms with E-state index in [2.05, 4.69) is 0 Å². The molecule has 0 heterocycles. The van der Waals surface area contributed by atoms with Gasteiger partial charge in [0.2, 0.25) is 0 Å². The lowest BCUT2D eigenvalue weighted by Crippen LogP contribution is -2.09. The van der Waals surface area contributed by atoms with E-state index in [1.807, 2.05) is 0 Å². The lowest BCUT2D eigenvalue weighted by atomic mass is 10.3. The summed E-state index contributed by atoms with van der Waals surface area (Å²) in [6.45, 7) is 4.73. The monoisotopic (exact) mass is 158 g/mol. The van der Waals surface area contributed by atoms with Crippen LogP contribution in [0.2, 0.25) is 0 Å². The molecular weight excluding hydrogens is 144 g/mol. The standard InChI is InChI=1S/C8H14O3/c1-6(9)4-5-7(2)11-8(3)10/h4-7,9H,1-3H3/t6-,7+/m0/s1. The first-order chi connectivity index (χ1) is 5.02. The Hall–Kier alpha value is -0.830. The van der Waals surface area contributed by atoms with E-state index in [4.69, 9.17) is 9.84 Å². The molecule has 0 bridgehead atoms. The third-order valence-electron chi connectivity index (χ3n) is 1.01. The van der Waals surface area contributed by atoms with E-state index in [9.17, 15) is 4.79 Å². The van der Waals surface area contributed by atoms with Crippen molar-refractivity contribution >= 4 is 5.97 Å². The van der Waals surface area contributed by atoms with E-state index in [0.29, 0.717) is 0 Å². The molecule has 0 aliphatic carbocycles. The first-order valence-corrected chi connectivity index (χ1v) is 3.56. The van der Waals surface area contributed by atoms with Gasteiger partial charge in [-0.15, -0.1) is 0 Å². The number of hydrogen-bond acceptors (Lipinski definition) is 3. The molecule has 64 valence electrons. The summed E-state index contributed by atoms with van der Waals surface area (Å²) in [4.78, 5) is 10.4. The van der Waals surface area contributed by atoms with Crippen molar-refractivity contribution in [3.05, 3.63) is 12.2 Å². The Morgan fingerprint density at radius 3 is 2.36 bits per heavy atom. The number of carbonyl (C=O) groups excluding carboxylic acids is 1. The van der Waals surface area contributed by atoms with Crippen molar-refractivity contribution in [1.29, 1.82) is 0 Å². The van der Waals surface area contributed by atoms with Gasteiger partial charge in [-0.05, 0) is 19.9 Å². The van der Waals surface area contributed by atoms with E-state index in [1.54, 1.807) is 26.0 Å². The third kappa shape index (κ3) is 7.06. The maximum Gasteiger partial charge on any atom is 0.303 e. The van der Waals surface area contributed by atoms with Crippen LogP contribution in [0, 0.1) is 0 Å². The minimum Gasteiger partial charge on any atom is -0.459 e. The first kappa shape index (κ1) is 10.2. The average molecular weight is 158 g/mol. The van der Waals surface area contributed by atoms with Crippen LogP contribution in [-0.4, -0.2) is 23.3 Å². The molecule has 11 heavy (non-hydrogen) atoms. The fraction of sp³-hybridized carbons (Fsp3) is 0.625. The molecule has 0 spiro atoms. The first-order valence-electron chi connectivity index (χ1n) is 3.56. The summed E-state index contributed by atoms with van der Waals surface area (Å²) in [5.74, 6) is -0.312. The van der Waals surface area contributed by atoms with Gasteiger partial charge < -0.3 is 9.84 Å². The molecule has 0 aromatic heterocycles. The molecule has 0 radical (unpaired) electrons. The van der Waals surface area contributed by atoms with Crippen LogP contribution in [0.4, 0.5) is 0 Å². The van der Waals surface area contributed by atoms with E-state index < -0.39 is 6.10 Å². The van der Waals surface area contributed by atoms with Gasteiger partial charge in [-0.2, -0.15) is 0 Å². The molecule has 0 aliphatic rings. The van der Waals surface area contributed by atoms with Crippen LogP contribution in [0.15, 0.2) is 12.2 Å². The van der Waals surface area contributed by atoms with Crippen molar-refractivity contribution in [3.63, 3.8) is 0 Å². The lowest BCUT2D eigenvalue weighted by molar-refractivity contribution is -0.143. The molecule has 0 fully saturated rings. The number of esters is 1. The maximum atomic E-state index is 10.4. The van der Waals surface area contributed by atoms with Crippen LogP contribution < -0.4 is 0 Å². The van der Waals surface area contributed by atoms with Crippen LogP contribution in [-0.2, 0) is 9.53 Å². The quantitative estimate of drug-likeness (QED) is 0.489. The Morgan fingerprint density at radius 1 is 1.45 bits per heavy atom. The second-order valence-corrected chi connectivity index (χ2v) is 2.44. The number of carbonyl (C=O) groups is 1. The number of rotatable bonds is 3. The highest BCUT2D eigenvalue weighted by atomic mass is 16.5. The van der Waals surface area contributed by atoms with Gasteiger partial charge in [0.05, 0.1) is 6.10 Å². The molecule has 0 amide bonds. The summed E-state index contributed by atoms with van der Waals surface area (Å²) in [7, 11) is 0. The van der Waals surface area contributed by atoms with Crippen LogP contribution in [0.25, 0.3) is 0 Å². The minimum atomic E-state index is -0.493. The van der Waals surface area contributed by atoms with Crippen molar-refractivity contribution < 1.29 is 14.6 Å². The molecule has 1 N–H and O–H groups in total. The third-order valence-corrected chi connectivity index (χ3v) is 1.01. The topological polar surface area (TPSA) is 46.5 Å². The second-order valence-electron chi connectivity index (χ2n) is 2.44. The average Bonchev–Trinajstić information content (AvgIpc) is 1.82. The highest BCUT2D eigenvalue weighted by Crippen LogP contribution is 1.94. The van der Waals surface area contributed by atoms with Gasteiger partial charge in [0.15, 0.2) is 0 Å². The molecule has 3 heteroatoms. The van der Waals surface area contributed by atoms with Crippen LogP contribution in [0.3, 0.4) is 0 Å². The molecule has 0 aliphatic heterocycles. The zero-order chi connectivity index (χ0) is 8.85. The van der Waals surface area contributed by atoms with E-state index in [-0.39, 0.29) is 12.1 Å². The van der Waals surface area contributed by atoms with Gasteiger partial charge in [-0.25, -0.2) is 0 Å². The zero-order valence-corrected chi connectivity index (χ0v) is 7.07.